The van der Waals surface area contributed by atoms with Crippen molar-refractivity contribution < 1.29 is 4.79 Å². The zero-order valence-electron chi connectivity index (χ0n) is 6.58. The third kappa shape index (κ3) is 2.08. The van der Waals surface area contributed by atoms with Crippen molar-refractivity contribution in [1.82, 2.24) is 10.4 Å². The summed E-state index contributed by atoms with van der Waals surface area (Å²) >= 11 is 0. The van der Waals surface area contributed by atoms with Crippen molar-refractivity contribution in [1.29, 1.82) is 0 Å². The number of aromatic amines is 1. The smallest absolute Gasteiger partial charge is 0.235 e. The number of carbonyl (C=O) groups is 1. The number of hydrogen-bond donors (Lipinski definition) is 4. The van der Waals surface area contributed by atoms with E-state index in [4.69, 9.17) is 11.6 Å². The Hall–Kier alpha value is -1.33. The molecular formula is C7H12N4O. The minimum absolute atomic E-state index is 0.203. The Balaban J connectivity index is 2.49. The van der Waals surface area contributed by atoms with Crippen LogP contribution in [-0.2, 0) is 4.79 Å². The van der Waals surface area contributed by atoms with Gasteiger partial charge in [-0.3, -0.25) is 10.2 Å². The van der Waals surface area contributed by atoms with E-state index in [0.717, 1.165) is 5.56 Å². The van der Waals surface area contributed by atoms with Crippen LogP contribution in [0.2, 0.25) is 0 Å². The monoisotopic (exact) mass is 168 g/mol. The van der Waals surface area contributed by atoms with Gasteiger partial charge in [0.1, 0.15) is 0 Å². The fraction of sp³-hybridized carbons (Fsp3) is 0.286. The summed E-state index contributed by atoms with van der Waals surface area (Å²) in [7, 11) is 0. The highest BCUT2D eigenvalue weighted by atomic mass is 16.2. The lowest BCUT2D eigenvalue weighted by molar-refractivity contribution is -0.121. The number of H-pyrrole nitrogens is 1. The number of nitrogens with two attached hydrogens (primary N) is 2. The fourth-order valence-corrected chi connectivity index (χ4v) is 0.944. The molecule has 0 radical (unpaired) electrons. The van der Waals surface area contributed by atoms with E-state index in [1.807, 2.05) is 11.5 Å². The molecule has 1 heterocycles. The Bertz CT molecular complexity index is 244. The van der Waals surface area contributed by atoms with E-state index in [0.29, 0.717) is 0 Å². The van der Waals surface area contributed by atoms with Gasteiger partial charge in [0.05, 0.1) is 0 Å². The van der Waals surface area contributed by atoms with Crippen molar-refractivity contribution >= 4 is 5.91 Å². The summed E-state index contributed by atoms with van der Waals surface area (Å²) < 4.78 is 0. The maximum absolute atomic E-state index is 10.8. The molecule has 0 aliphatic carbocycles. The molecule has 1 unspecified atom stereocenters. The van der Waals surface area contributed by atoms with Crippen LogP contribution in [0.25, 0.3) is 0 Å². The zero-order chi connectivity index (χ0) is 8.97. The minimum Gasteiger partial charge on any atom is -0.367 e. The van der Waals surface area contributed by atoms with Gasteiger partial charge in [0.15, 0.2) is 0 Å². The van der Waals surface area contributed by atoms with Crippen molar-refractivity contribution in [3.63, 3.8) is 0 Å². The summed E-state index contributed by atoms with van der Waals surface area (Å²) in [6.45, 7) is 0. The average molecular weight is 168 g/mol. The van der Waals surface area contributed by atoms with E-state index >= 15 is 0 Å². The number of nitrogens with one attached hydrogen (secondary N) is 2. The Morgan fingerprint density at radius 1 is 1.75 bits per heavy atom. The summed E-state index contributed by atoms with van der Waals surface area (Å²) in [6, 6.07) is 1.54. The van der Waals surface area contributed by atoms with E-state index < -0.39 is 0 Å². The predicted molar refractivity (Wildman–Crippen MR) is 44.7 cm³/mol. The molecule has 0 spiro atoms. The van der Waals surface area contributed by atoms with Gasteiger partial charge in [0.2, 0.25) is 5.91 Å². The summed E-state index contributed by atoms with van der Waals surface area (Å²) in [5, 5.41) is 0. The second-order valence-electron chi connectivity index (χ2n) is 2.52. The molecule has 0 aromatic carbocycles. The number of amides is 1. The lowest BCUT2D eigenvalue weighted by atomic mass is 10.1. The first kappa shape index (κ1) is 8.76. The van der Waals surface area contributed by atoms with Gasteiger partial charge in [-0.2, -0.15) is 0 Å². The molecule has 1 rings (SSSR count). The van der Waals surface area contributed by atoms with Gasteiger partial charge >= 0.3 is 0 Å². The maximum atomic E-state index is 10.8. The van der Waals surface area contributed by atoms with Gasteiger partial charge in [0.25, 0.3) is 0 Å². The standard InChI is InChI=1S/C7H12N4O/c8-6(3-7(12)11-9)5-1-2-10-4-5/h1-2,4,6,10H,3,8-9H2,(H,11,12). The van der Waals surface area contributed by atoms with Crippen LogP contribution in [0.15, 0.2) is 18.5 Å². The molecule has 1 amide bonds. The topological polar surface area (TPSA) is 96.9 Å². The molecule has 0 bridgehead atoms. The SMILES string of the molecule is NNC(=O)CC(N)c1cc[nH]c1. The van der Waals surface area contributed by atoms with Crippen molar-refractivity contribution in [2.75, 3.05) is 0 Å². The van der Waals surface area contributed by atoms with Crippen LogP contribution in [0.1, 0.15) is 18.0 Å². The van der Waals surface area contributed by atoms with Crippen molar-refractivity contribution in [2.45, 2.75) is 12.5 Å². The molecule has 1 atom stereocenters. The molecular weight excluding hydrogens is 156 g/mol. The van der Waals surface area contributed by atoms with Gasteiger partial charge in [0, 0.05) is 24.9 Å². The highest BCUT2D eigenvalue weighted by Crippen LogP contribution is 2.11. The highest BCUT2D eigenvalue weighted by Gasteiger charge is 2.10. The summed E-state index contributed by atoms with van der Waals surface area (Å²) in [5.74, 6) is 4.65. The van der Waals surface area contributed by atoms with Crippen LogP contribution in [0.3, 0.4) is 0 Å². The van der Waals surface area contributed by atoms with Crippen LogP contribution >= 0.6 is 0 Å². The van der Waals surface area contributed by atoms with Gasteiger partial charge in [-0.25, -0.2) is 5.84 Å². The summed E-state index contributed by atoms with van der Waals surface area (Å²) in [5.41, 5.74) is 8.61. The van der Waals surface area contributed by atoms with Crippen LogP contribution in [0.4, 0.5) is 0 Å². The fourth-order valence-electron chi connectivity index (χ4n) is 0.944. The molecule has 0 saturated carbocycles. The molecule has 6 N–H and O–H groups in total. The Morgan fingerprint density at radius 3 is 3.00 bits per heavy atom. The van der Waals surface area contributed by atoms with Gasteiger partial charge in [-0.15, -0.1) is 0 Å². The average Bonchev–Trinajstić information content (AvgIpc) is 2.56. The summed E-state index contributed by atoms with van der Waals surface area (Å²) in [6.07, 6.45) is 3.72. The Morgan fingerprint density at radius 2 is 2.50 bits per heavy atom. The first-order chi connectivity index (χ1) is 5.74. The molecule has 0 fully saturated rings. The number of hydrazine groups is 1. The molecule has 1 aromatic rings. The van der Waals surface area contributed by atoms with E-state index in [1.165, 1.54) is 0 Å². The minimum atomic E-state index is -0.292. The quantitative estimate of drug-likeness (QED) is 0.275. The lowest BCUT2D eigenvalue weighted by Gasteiger charge is -2.07. The summed E-state index contributed by atoms with van der Waals surface area (Å²) in [4.78, 5) is 13.7. The lowest BCUT2D eigenvalue weighted by Crippen LogP contribution is -2.32. The van der Waals surface area contributed by atoms with Gasteiger partial charge < -0.3 is 10.7 Å². The molecule has 0 aliphatic rings. The number of rotatable bonds is 3. The number of carbonyl (C=O) groups excluding carboxylic acids is 1. The molecule has 12 heavy (non-hydrogen) atoms. The van der Waals surface area contributed by atoms with E-state index in [1.54, 1.807) is 12.4 Å². The molecule has 66 valence electrons. The van der Waals surface area contributed by atoms with Gasteiger partial charge in [-0.1, -0.05) is 0 Å². The normalized spacial score (nSPS) is 12.5. The second-order valence-corrected chi connectivity index (χ2v) is 2.52. The molecule has 5 heteroatoms. The largest absolute Gasteiger partial charge is 0.367 e. The second kappa shape index (κ2) is 3.89. The van der Waals surface area contributed by atoms with Crippen molar-refractivity contribution in [2.24, 2.45) is 11.6 Å². The van der Waals surface area contributed by atoms with Crippen LogP contribution in [-0.4, -0.2) is 10.9 Å². The third-order valence-electron chi connectivity index (χ3n) is 1.62. The van der Waals surface area contributed by atoms with E-state index in [9.17, 15) is 4.79 Å². The van der Waals surface area contributed by atoms with Crippen molar-refractivity contribution in [3.05, 3.63) is 24.0 Å². The van der Waals surface area contributed by atoms with Crippen LogP contribution < -0.4 is 17.0 Å². The third-order valence-corrected chi connectivity index (χ3v) is 1.62. The Labute approximate surface area is 70.1 Å². The highest BCUT2D eigenvalue weighted by molar-refractivity contribution is 5.76. The predicted octanol–water partition coefficient (Wildman–Crippen LogP) is -0.605. The van der Waals surface area contributed by atoms with Gasteiger partial charge in [-0.05, 0) is 11.6 Å². The molecule has 5 nitrogen and oxygen atoms in total. The van der Waals surface area contributed by atoms with E-state index in [-0.39, 0.29) is 18.4 Å². The number of aromatic nitrogens is 1. The van der Waals surface area contributed by atoms with Crippen LogP contribution in [0, 0.1) is 0 Å². The molecule has 1 aromatic heterocycles. The van der Waals surface area contributed by atoms with E-state index in [2.05, 4.69) is 4.98 Å². The maximum Gasteiger partial charge on any atom is 0.235 e. The molecule has 0 aliphatic heterocycles. The zero-order valence-corrected chi connectivity index (χ0v) is 6.58. The first-order valence-electron chi connectivity index (χ1n) is 3.61. The number of hydrogen-bond acceptors (Lipinski definition) is 3. The van der Waals surface area contributed by atoms with Crippen LogP contribution in [0.5, 0.6) is 0 Å². The van der Waals surface area contributed by atoms with Crippen molar-refractivity contribution in [3.8, 4) is 0 Å². The first-order valence-corrected chi connectivity index (χ1v) is 3.61. The Kier molecular flexibility index (Phi) is 2.84. The molecule has 0 saturated heterocycles.